The van der Waals surface area contributed by atoms with Crippen molar-refractivity contribution >= 4 is 5.97 Å². The van der Waals surface area contributed by atoms with E-state index in [0.29, 0.717) is 6.42 Å². The molecule has 18 heavy (non-hydrogen) atoms. The average molecular weight is 252 g/mol. The van der Waals surface area contributed by atoms with Crippen molar-refractivity contribution in [2.75, 3.05) is 0 Å². The SMILES string of the molecule is CCc1c(C)nn(CCCC(C)(C)C(=O)O)c1C. The zero-order valence-corrected chi connectivity index (χ0v) is 12.1. The Labute approximate surface area is 109 Å². The molecule has 0 spiro atoms. The number of aromatic nitrogens is 2. The van der Waals surface area contributed by atoms with Gasteiger partial charge in [-0.3, -0.25) is 9.48 Å². The Bertz CT molecular complexity index is 433. The largest absolute Gasteiger partial charge is 0.481 e. The van der Waals surface area contributed by atoms with Gasteiger partial charge in [-0.15, -0.1) is 0 Å². The number of carboxylic acid groups (broad SMARTS) is 1. The van der Waals surface area contributed by atoms with Gasteiger partial charge in [0.25, 0.3) is 0 Å². The molecule has 4 heteroatoms. The van der Waals surface area contributed by atoms with Gasteiger partial charge in [0.15, 0.2) is 0 Å². The molecule has 1 rings (SSSR count). The molecule has 1 N–H and O–H groups in total. The fraction of sp³-hybridized carbons (Fsp3) is 0.714. The van der Waals surface area contributed by atoms with Crippen LogP contribution in [-0.2, 0) is 17.8 Å². The van der Waals surface area contributed by atoms with Crippen molar-refractivity contribution in [2.24, 2.45) is 5.41 Å². The van der Waals surface area contributed by atoms with Crippen LogP contribution in [-0.4, -0.2) is 20.9 Å². The molecule has 102 valence electrons. The highest BCUT2D eigenvalue weighted by atomic mass is 16.4. The minimum Gasteiger partial charge on any atom is -0.481 e. The van der Waals surface area contributed by atoms with E-state index < -0.39 is 11.4 Å². The van der Waals surface area contributed by atoms with E-state index in [4.69, 9.17) is 5.11 Å². The number of hydrogen-bond donors (Lipinski definition) is 1. The van der Waals surface area contributed by atoms with E-state index in [9.17, 15) is 4.79 Å². The number of carbonyl (C=O) groups is 1. The Morgan fingerprint density at radius 2 is 2.00 bits per heavy atom. The molecule has 0 unspecified atom stereocenters. The van der Waals surface area contributed by atoms with Gasteiger partial charge in [-0.25, -0.2) is 0 Å². The minimum atomic E-state index is -0.731. The normalized spacial score (nSPS) is 11.8. The van der Waals surface area contributed by atoms with Crippen LogP contribution < -0.4 is 0 Å². The molecular formula is C14H24N2O2. The molecule has 0 saturated carbocycles. The van der Waals surface area contributed by atoms with E-state index >= 15 is 0 Å². The van der Waals surface area contributed by atoms with Crippen LogP contribution >= 0.6 is 0 Å². The zero-order chi connectivity index (χ0) is 13.9. The maximum absolute atomic E-state index is 11.0. The van der Waals surface area contributed by atoms with Crippen molar-refractivity contribution < 1.29 is 9.90 Å². The van der Waals surface area contributed by atoms with Crippen molar-refractivity contribution in [3.05, 3.63) is 17.0 Å². The smallest absolute Gasteiger partial charge is 0.309 e. The predicted molar refractivity (Wildman–Crippen MR) is 71.7 cm³/mol. The first kappa shape index (κ1) is 14.7. The second-order valence-electron chi connectivity index (χ2n) is 5.52. The molecule has 1 aromatic rings. The molecule has 0 saturated heterocycles. The highest BCUT2D eigenvalue weighted by molar-refractivity contribution is 5.73. The van der Waals surface area contributed by atoms with Crippen LogP contribution in [0.1, 0.15) is 50.6 Å². The van der Waals surface area contributed by atoms with Crippen molar-refractivity contribution in [1.82, 2.24) is 9.78 Å². The number of aryl methyl sites for hydroxylation is 2. The Hall–Kier alpha value is -1.32. The number of carboxylic acids is 1. The summed E-state index contributed by atoms with van der Waals surface area (Å²) in [6, 6.07) is 0. The first-order valence-corrected chi connectivity index (χ1v) is 6.56. The molecule has 0 fully saturated rings. The Balaban J connectivity index is 2.63. The van der Waals surface area contributed by atoms with E-state index in [1.807, 2.05) is 11.6 Å². The third-order valence-corrected chi connectivity index (χ3v) is 3.64. The molecule has 0 radical (unpaired) electrons. The number of rotatable bonds is 6. The standard InChI is InChI=1S/C14H24N2O2/c1-6-12-10(2)15-16(11(12)3)9-7-8-14(4,5)13(17)18/h6-9H2,1-5H3,(H,17,18). The van der Waals surface area contributed by atoms with Crippen LogP contribution in [0.4, 0.5) is 0 Å². The van der Waals surface area contributed by atoms with Gasteiger partial charge < -0.3 is 5.11 Å². The molecular weight excluding hydrogens is 228 g/mol. The van der Waals surface area contributed by atoms with E-state index in [-0.39, 0.29) is 0 Å². The van der Waals surface area contributed by atoms with Gasteiger partial charge in [0.1, 0.15) is 0 Å². The Kier molecular flexibility index (Phi) is 4.54. The summed E-state index contributed by atoms with van der Waals surface area (Å²) in [7, 11) is 0. The van der Waals surface area contributed by atoms with Crippen molar-refractivity contribution in [3.8, 4) is 0 Å². The van der Waals surface area contributed by atoms with Crippen molar-refractivity contribution in [1.29, 1.82) is 0 Å². The van der Waals surface area contributed by atoms with Crippen LogP contribution in [0.5, 0.6) is 0 Å². The Morgan fingerprint density at radius 3 is 2.44 bits per heavy atom. The van der Waals surface area contributed by atoms with Gasteiger partial charge in [0.2, 0.25) is 0 Å². The molecule has 0 aliphatic carbocycles. The summed E-state index contributed by atoms with van der Waals surface area (Å²) >= 11 is 0. The molecule has 0 aromatic carbocycles. The quantitative estimate of drug-likeness (QED) is 0.846. The second-order valence-corrected chi connectivity index (χ2v) is 5.52. The molecule has 0 atom stereocenters. The third-order valence-electron chi connectivity index (χ3n) is 3.64. The molecule has 0 bridgehead atoms. The molecule has 1 heterocycles. The molecule has 0 amide bonds. The molecule has 0 aliphatic heterocycles. The number of hydrogen-bond acceptors (Lipinski definition) is 2. The first-order chi connectivity index (χ1) is 8.29. The topological polar surface area (TPSA) is 55.1 Å². The highest BCUT2D eigenvalue weighted by Gasteiger charge is 2.26. The summed E-state index contributed by atoms with van der Waals surface area (Å²) in [5.41, 5.74) is 2.96. The van der Waals surface area contributed by atoms with Crippen LogP contribution in [0, 0.1) is 19.3 Å². The van der Waals surface area contributed by atoms with Crippen LogP contribution in [0.3, 0.4) is 0 Å². The summed E-state index contributed by atoms with van der Waals surface area (Å²) in [4.78, 5) is 11.0. The highest BCUT2D eigenvalue weighted by Crippen LogP contribution is 2.23. The van der Waals surface area contributed by atoms with E-state index in [1.165, 1.54) is 11.3 Å². The predicted octanol–water partition coefficient (Wildman–Crippen LogP) is 2.95. The van der Waals surface area contributed by atoms with Gasteiger partial charge in [-0.05, 0) is 52.5 Å². The summed E-state index contributed by atoms with van der Waals surface area (Å²) in [6.45, 7) is 10.6. The van der Waals surface area contributed by atoms with E-state index in [2.05, 4.69) is 18.9 Å². The maximum Gasteiger partial charge on any atom is 0.309 e. The summed E-state index contributed by atoms with van der Waals surface area (Å²) in [5, 5.41) is 13.6. The maximum atomic E-state index is 11.0. The lowest BCUT2D eigenvalue weighted by Gasteiger charge is -2.18. The van der Waals surface area contributed by atoms with Crippen LogP contribution in [0.15, 0.2) is 0 Å². The zero-order valence-electron chi connectivity index (χ0n) is 12.1. The lowest BCUT2D eigenvalue weighted by molar-refractivity contribution is -0.147. The lowest BCUT2D eigenvalue weighted by atomic mass is 9.88. The van der Waals surface area contributed by atoms with Crippen LogP contribution in [0.2, 0.25) is 0 Å². The van der Waals surface area contributed by atoms with Gasteiger partial charge in [-0.1, -0.05) is 6.92 Å². The molecule has 4 nitrogen and oxygen atoms in total. The average Bonchev–Trinajstić information content (AvgIpc) is 2.53. The summed E-state index contributed by atoms with van der Waals surface area (Å²) < 4.78 is 2.01. The minimum absolute atomic E-state index is 0.649. The molecule has 1 aromatic heterocycles. The van der Waals surface area contributed by atoms with Gasteiger partial charge in [0, 0.05) is 12.2 Å². The van der Waals surface area contributed by atoms with Gasteiger partial charge >= 0.3 is 5.97 Å². The van der Waals surface area contributed by atoms with E-state index in [0.717, 1.165) is 25.1 Å². The fourth-order valence-electron chi connectivity index (χ4n) is 2.24. The first-order valence-electron chi connectivity index (χ1n) is 6.56. The van der Waals surface area contributed by atoms with Gasteiger partial charge in [-0.2, -0.15) is 5.10 Å². The van der Waals surface area contributed by atoms with Crippen LogP contribution in [0.25, 0.3) is 0 Å². The van der Waals surface area contributed by atoms with Crippen molar-refractivity contribution in [3.63, 3.8) is 0 Å². The van der Waals surface area contributed by atoms with Gasteiger partial charge in [0.05, 0.1) is 11.1 Å². The summed E-state index contributed by atoms with van der Waals surface area (Å²) in [6.07, 6.45) is 2.50. The monoisotopic (exact) mass is 252 g/mol. The second kappa shape index (κ2) is 5.55. The number of aliphatic carboxylic acids is 1. The third kappa shape index (κ3) is 3.12. The lowest BCUT2D eigenvalue weighted by Crippen LogP contribution is -2.24. The summed E-state index contributed by atoms with van der Waals surface area (Å²) in [5.74, 6) is -0.731. The molecule has 0 aliphatic rings. The Morgan fingerprint density at radius 1 is 1.39 bits per heavy atom. The van der Waals surface area contributed by atoms with E-state index in [1.54, 1.807) is 13.8 Å². The van der Waals surface area contributed by atoms with Crippen molar-refractivity contribution in [2.45, 2.75) is 60.4 Å². The fourth-order valence-corrected chi connectivity index (χ4v) is 2.24. The number of nitrogens with zero attached hydrogens (tertiary/aromatic N) is 2.